The first-order valence-electron chi connectivity index (χ1n) is 19.7. The van der Waals surface area contributed by atoms with Gasteiger partial charge in [-0.15, -0.1) is 11.3 Å². The summed E-state index contributed by atoms with van der Waals surface area (Å²) in [4.78, 5) is 32.0. The minimum absolute atomic E-state index is 0.00546. The highest BCUT2D eigenvalue weighted by Gasteiger charge is 2.74. The van der Waals surface area contributed by atoms with Crippen LogP contribution in [0.25, 0.3) is 0 Å². The maximum Gasteiger partial charge on any atom is 0.416 e. The number of amides is 2. The minimum Gasteiger partial charge on any atom is -0.393 e. The van der Waals surface area contributed by atoms with Crippen LogP contribution in [-0.2, 0) is 12.6 Å². The van der Waals surface area contributed by atoms with E-state index in [1.807, 2.05) is 60.8 Å². The lowest BCUT2D eigenvalue weighted by Gasteiger charge is -2.71. The number of urea groups is 1. The predicted molar refractivity (Wildman–Crippen MR) is 207 cm³/mol. The summed E-state index contributed by atoms with van der Waals surface area (Å²) in [5.74, 6) is -0.653. The van der Waals surface area contributed by atoms with Crippen LogP contribution >= 0.6 is 11.3 Å². The van der Waals surface area contributed by atoms with Crippen molar-refractivity contribution in [1.29, 1.82) is 0 Å². The zero-order valence-electron chi connectivity index (χ0n) is 31.7. The van der Waals surface area contributed by atoms with E-state index in [0.29, 0.717) is 57.1 Å². The highest BCUT2D eigenvalue weighted by molar-refractivity contribution is 7.09. The quantitative estimate of drug-likeness (QED) is 0.149. The molecule has 3 saturated carbocycles. The molecule has 3 N–H and O–H groups in total. The van der Waals surface area contributed by atoms with Gasteiger partial charge in [0.05, 0.1) is 29.9 Å². The SMILES string of the molecule is C[C@@H](NC(=O)N(CCc1cccs1)C[C@]1(O)CC[C@H]2[C@]34C=C[C@@]5(C=C3C(=O)c3cccc(C(F)(F)F)c3)CC(O)CC[C@]5(C)[C@H]4CC[C@@]21C)c1ccccc1. The fourth-order valence-electron chi connectivity index (χ4n) is 12.0. The molecule has 3 fully saturated rings. The first-order chi connectivity index (χ1) is 26.1. The molecule has 0 saturated heterocycles. The van der Waals surface area contributed by atoms with Gasteiger partial charge in [0, 0.05) is 38.8 Å². The smallest absolute Gasteiger partial charge is 0.393 e. The Bertz CT molecular complexity index is 2020. The van der Waals surface area contributed by atoms with E-state index in [2.05, 4.69) is 31.3 Å². The van der Waals surface area contributed by atoms with Crippen LogP contribution < -0.4 is 5.32 Å². The lowest BCUT2D eigenvalue weighted by Crippen LogP contribution is -2.67. The molecule has 6 aliphatic carbocycles. The van der Waals surface area contributed by atoms with Crippen LogP contribution in [0.2, 0.25) is 0 Å². The molecule has 9 atom stereocenters. The molecular weight excluding hydrogens is 722 g/mol. The Labute approximate surface area is 325 Å². The maximum absolute atomic E-state index is 14.9. The minimum atomic E-state index is -4.60. The van der Waals surface area contributed by atoms with E-state index in [-0.39, 0.29) is 41.4 Å². The number of rotatable bonds is 9. The molecule has 6 nitrogen and oxygen atoms in total. The van der Waals surface area contributed by atoms with Gasteiger partial charge < -0.3 is 20.4 Å². The van der Waals surface area contributed by atoms with Crippen molar-refractivity contribution in [2.24, 2.45) is 33.5 Å². The van der Waals surface area contributed by atoms with E-state index in [0.717, 1.165) is 29.0 Å². The van der Waals surface area contributed by atoms with E-state index in [1.54, 1.807) is 16.2 Å². The lowest BCUT2D eigenvalue weighted by molar-refractivity contribution is -0.174. The molecule has 0 radical (unpaired) electrons. The summed E-state index contributed by atoms with van der Waals surface area (Å²) in [6.07, 6.45) is 6.09. The molecule has 1 heterocycles. The summed E-state index contributed by atoms with van der Waals surface area (Å²) in [6.45, 7) is 6.86. The Kier molecular flexibility index (Phi) is 9.33. The number of hydrogen-bond donors (Lipinski definition) is 3. The summed E-state index contributed by atoms with van der Waals surface area (Å²) >= 11 is 1.63. The molecule has 2 aromatic carbocycles. The van der Waals surface area contributed by atoms with Crippen molar-refractivity contribution in [2.75, 3.05) is 13.1 Å². The van der Waals surface area contributed by atoms with Gasteiger partial charge >= 0.3 is 12.2 Å². The number of fused-ring (bicyclic) bond motifs is 1. The van der Waals surface area contributed by atoms with Gasteiger partial charge in [0.2, 0.25) is 0 Å². The van der Waals surface area contributed by atoms with Gasteiger partial charge in [0.1, 0.15) is 0 Å². The van der Waals surface area contributed by atoms with Crippen molar-refractivity contribution >= 4 is 23.2 Å². The first kappa shape index (κ1) is 38.2. The highest BCUT2D eigenvalue weighted by Crippen LogP contribution is 2.78. The van der Waals surface area contributed by atoms with Crippen LogP contribution in [0, 0.1) is 33.5 Å². The Balaban J connectivity index is 1.17. The molecule has 55 heavy (non-hydrogen) atoms. The summed E-state index contributed by atoms with van der Waals surface area (Å²) in [5, 5.41) is 29.3. The fraction of sp³-hybridized carbons (Fsp3) is 0.511. The molecule has 1 unspecified atom stereocenters. The lowest BCUT2D eigenvalue weighted by atomic mass is 9.32. The second-order valence-electron chi connectivity index (χ2n) is 17.6. The van der Waals surface area contributed by atoms with Gasteiger partial charge in [-0.05, 0) is 105 Å². The number of hydrogen-bond acceptors (Lipinski definition) is 5. The molecular formula is C45H51F3N2O4S. The van der Waals surface area contributed by atoms with E-state index >= 15 is 0 Å². The summed E-state index contributed by atoms with van der Waals surface area (Å²) in [5.41, 5.74) is -3.17. The average molecular weight is 773 g/mol. The Morgan fingerprint density at radius 3 is 2.40 bits per heavy atom. The molecule has 9 rings (SSSR count). The van der Waals surface area contributed by atoms with Crippen LogP contribution in [0.15, 0.2) is 95.9 Å². The van der Waals surface area contributed by atoms with Crippen LogP contribution in [0.5, 0.6) is 0 Å². The van der Waals surface area contributed by atoms with Crippen molar-refractivity contribution in [3.05, 3.63) is 117 Å². The molecule has 10 heteroatoms. The number of nitrogens with one attached hydrogen (secondary N) is 1. The Morgan fingerprint density at radius 2 is 1.67 bits per heavy atom. The summed E-state index contributed by atoms with van der Waals surface area (Å²) in [6, 6.07) is 18.0. The van der Waals surface area contributed by atoms with Gasteiger partial charge in [0.15, 0.2) is 5.78 Å². The Morgan fingerprint density at radius 1 is 0.945 bits per heavy atom. The second-order valence-corrected chi connectivity index (χ2v) is 18.6. The number of allylic oxidation sites excluding steroid dienone is 4. The first-order valence-corrected chi connectivity index (χ1v) is 20.6. The van der Waals surface area contributed by atoms with Crippen LogP contribution in [0.1, 0.15) is 98.1 Å². The van der Waals surface area contributed by atoms with E-state index < -0.39 is 45.5 Å². The number of carbonyl (C=O) groups excluding carboxylic acids is 2. The monoisotopic (exact) mass is 772 g/mol. The number of nitrogens with zero attached hydrogens (tertiary/aromatic N) is 1. The van der Waals surface area contributed by atoms with Crippen molar-refractivity contribution < 1.29 is 33.0 Å². The molecule has 2 spiro atoms. The molecule has 0 aliphatic heterocycles. The molecule has 292 valence electrons. The van der Waals surface area contributed by atoms with Crippen molar-refractivity contribution in [2.45, 2.75) is 96.1 Å². The van der Waals surface area contributed by atoms with Crippen molar-refractivity contribution in [1.82, 2.24) is 10.2 Å². The summed E-state index contributed by atoms with van der Waals surface area (Å²) < 4.78 is 41.8. The van der Waals surface area contributed by atoms with Crippen LogP contribution in [0.4, 0.5) is 18.0 Å². The van der Waals surface area contributed by atoms with Gasteiger partial charge in [-0.3, -0.25) is 4.79 Å². The largest absolute Gasteiger partial charge is 0.416 e. The van der Waals surface area contributed by atoms with E-state index in [4.69, 9.17) is 0 Å². The molecule has 1 aromatic heterocycles. The third kappa shape index (κ3) is 5.95. The standard InChI is InChI=1S/C45H51F3N2O4S/c1-29(30-9-5-4-6-10-30)49-39(53)50(23-17-34-13-8-24-55-34)28-43(54)20-16-37-41(43,3)19-15-36-40(2)18-14-33(51)26-42(40)21-22-44(36,37)35(27-42)38(52)31-11-7-12-32(25-31)45(46,47)48/h4-13,21-22,24-25,27,29,33,36-37,51,54H,14-20,23,26,28H2,1-3H3,(H,49,53)/t29-,33?,36-,37-,40-,41+,42+,43-,44-/m1/s1. The summed E-state index contributed by atoms with van der Waals surface area (Å²) in [7, 11) is 0. The highest BCUT2D eigenvalue weighted by atomic mass is 32.1. The van der Waals surface area contributed by atoms with Gasteiger partial charge in [-0.2, -0.15) is 13.2 Å². The predicted octanol–water partition coefficient (Wildman–Crippen LogP) is 9.56. The number of aliphatic hydroxyl groups is 2. The zero-order valence-corrected chi connectivity index (χ0v) is 32.6. The number of Topliss-reactive ketones (excluding diaryl/α,β-unsaturated/α-hetero) is 1. The van der Waals surface area contributed by atoms with Gasteiger partial charge in [0.25, 0.3) is 0 Å². The topological polar surface area (TPSA) is 89.9 Å². The van der Waals surface area contributed by atoms with Crippen LogP contribution in [-0.4, -0.2) is 51.7 Å². The van der Waals surface area contributed by atoms with Crippen molar-refractivity contribution in [3.8, 4) is 0 Å². The molecule has 3 aromatic rings. The Hall–Kier alpha value is -3.73. The number of alkyl halides is 3. The number of carbonyl (C=O) groups is 2. The number of benzene rings is 2. The van der Waals surface area contributed by atoms with Crippen LogP contribution in [0.3, 0.4) is 0 Å². The van der Waals surface area contributed by atoms with Gasteiger partial charge in [-0.25, -0.2) is 4.79 Å². The van der Waals surface area contributed by atoms with E-state index in [9.17, 15) is 33.0 Å². The fourth-order valence-corrected chi connectivity index (χ4v) is 12.7. The van der Waals surface area contributed by atoms with Gasteiger partial charge in [-0.1, -0.05) is 80.6 Å². The molecule has 2 amide bonds. The molecule has 2 bridgehead atoms. The number of ketones is 1. The average Bonchev–Trinajstić information content (AvgIpc) is 3.78. The zero-order chi connectivity index (χ0) is 39.0. The number of thiophene rings is 1. The van der Waals surface area contributed by atoms with E-state index in [1.165, 1.54) is 12.1 Å². The number of halogens is 3. The third-order valence-electron chi connectivity index (χ3n) is 15.0. The maximum atomic E-state index is 14.9. The van der Waals surface area contributed by atoms with Crippen molar-refractivity contribution in [3.63, 3.8) is 0 Å². The third-order valence-corrected chi connectivity index (χ3v) is 15.9. The molecule has 6 aliphatic rings. The second kappa shape index (κ2) is 13.4. The normalized spacial score (nSPS) is 35.3. The number of aliphatic hydroxyl groups excluding tert-OH is 1.